The van der Waals surface area contributed by atoms with Crippen molar-refractivity contribution in [2.24, 2.45) is 7.05 Å². The molecular formula is C19H23N3O. The fourth-order valence-electron chi connectivity index (χ4n) is 3.55. The fraction of sp³-hybridized carbons (Fsp3) is 0.421. The monoisotopic (exact) mass is 309 g/mol. The highest BCUT2D eigenvalue weighted by Gasteiger charge is 2.14. The molecule has 2 aromatic heterocycles. The Labute approximate surface area is 136 Å². The van der Waals surface area contributed by atoms with Crippen LogP contribution in [0.5, 0.6) is 0 Å². The van der Waals surface area contributed by atoms with E-state index < -0.39 is 0 Å². The van der Waals surface area contributed by atoms with Crippen LogP contribution in [-0.2, 0) is 13.5 Å². The van der Waals surface area contributed by atoms with Crippen molar-refractivity contribution in [2.75, 3.05) is 19.6 Å². The maximum atomic E-state index is 5.58. The lowest BCUT2D eigenvalue weighted by Crippen LogP contribution is -2.31. The summed E-state index contributed by atoms with van der Waals surface area (Å²) in [5, 5.41) is 5.53. The van der Waals surface area contributed by atoms with Crippen molar-refractivity contribution >= 4 is 10.9 Å². The van der Waals surface area contributed by atoms with Crippen LogP contribution >= 0.6 is 0 Å². The number of aromatic nitrogens is 2. The summed E-state index contributed by atoms with van der Waals surface area (Å²) < 4.78 is 7.73. The lowest BCUT2D eigenvalue weighted by atomic mass is 10.1. The first kappa shape index (κ1) is 14.5. The summed E-state index contributed by atoms with van der Waals surface area (Å²) in [5.41, 5.74) is 3.31. The number of nitrogens with zero attached hydrogens (tertiary/aromatic N) is 3. The zero-order valence-corrected chi connectivity index (χ0v) is 13.7. The number of benzene rings is 1. The summed E-state index contributed by atoms with van der Waals surface area (Å²) in [6.45, 7) is 3.53. The number of aryl methyl sites for hydroxylation is 1. The third-order valence-electron chi connectivity index (χ3n) is 4.85. The topological polar surface area (TPSA) is 34.2 Å². The first-order valence-electron chi connectivity index (χ1n) is 8.53. The van der Waals surface area contributed by atoms with Gasteiger partial charge in [0.05, 0.1) is 0 Å². The van der Waals surface area contributed by atoms with Crippen molar-refractivity contribution in [3.8, 4) is 11.3 Å². The Hall–Kier alpha value is -2.07. The maximum absolute atomic E-state index is 5.58. The van der Waals surface area contributed by atoms with Crippen LogP contribution in [0, 0.1) is 0 Å². The lowest BCUT2D eigenvalue weighted by molar-refractivity contribution is 0.224. The SMILES string of the molecule is Cn1cc(-c2cc(CCN3CCCCC3)on2)c2ccccc21. The number of fused-ring (bicyclic) bond motifs is 1. The van der Waals surface area contributed by atoms with E-state index in [0.29, 0.717) is 0 Å². The van der Waals surface area contributed by atoms with Crippen molar-refractivity contribution < 1.29 is 4.52 Å². The molecule has 0 spiro atoms. The van der Waals surface area contributed by atoms with Gasteiger partial charge in [-0.15, -0.1) is 0 Å². The second-order valence-corrected chi connectivity index (χ2v) is 6.50. The largest absolute Gasteiger partial charge is 0.361 e. The van der Waals surface area contributed by atoms with E-state index in [0.717, 1.165) is 30.0 Å². The summed E-state index contributed by atoms with van der Waals surface area (Å²) in [6.07, 6.45) is 7.12. The normalized spacial score (nSPS) is 16.2. The average Bonchev–Trinajstić information content (AvgIpc) is 3.19. The molecule has 0 N–H and O–H groups in total. The summed E-state index contributed by atoms with van der Waals surface area (Å²) in [7, 11) is 2.07. The number of para-hydroxylation sites is 1. The van der Waals surface area contributed by atoms with E-state index >= 15 is 0 Å². The molecule has 0 saturated carbocycles. The van der Waals surface area contributed by atoms with Gasteiger partial charge in [-0.2, -0.15) is 0 Å². The number of hydrogen-bond acceptors (Lipinski definition) is 3. The van der Waals surface area contributed by atoms with Crippen molar-refractivity contribution in [2.45, 2.75) is 25.7 Å². The highest BCUT2D eigenvalue weighted by Crippen LogP contribution is 2.29. The van der Waals surface area contributed by atoms with Crippen molar-refractivity contribution in [3.05, 3.63) is 42.3 Å². The van der Waals surface area contributed by atoms with Gasteiger partial charge in [0, 0.05) is 48.7 Å². The summed E-state index contributed by atoms with van der Waals surface area (Å²) in [6, 6.07) is 10.5. The van der Waals surface area contributed by atoms with E-state index in [1.54, 1.807) is 0 Å². The average molecular weight is 309 g/mol. The second kappa shape index (κ2) is 6.20. The van der Waals surface area contributed by atoms with E-state index in [9.17, 15) is 0 Å². The second-order valence-electron chi connectivity index (χ2n) is 6.50. The van der Waals surface area contributed by atoms with Crippen molar-refractivity contribution in [1.82, 2.24) is 14.6 Å². The molecule has 0 amide bonds. The molecule has 0 atom stereocenters. The quantitative estimate of drug-likeness (QED) is 0.734. The third-order valence-corrected chi connectivity index (χ3v) is 4.85. The van der Waals surface area contributed by atoms with Gasteiger partial charge in [-0.1, -0.05) is 29.8 Å². The van der Waals surface area contributed by atoms with Gasteiger partial charge in [-0.3, -0.25) is 0 Å². The Balaban J connectivity index is 1.52. The molecule has 4 heteroatoms. The number of hydrogen-bond donors (Lipinski definition) is 0. The number of rotatable bonds is 4. The molecule has 0 radical (unpaired) electrons. The van der Waals surface area contributed by atoms with Gasteiger partial charge >= 0.3 is 0 Å². The molecule has 1 aliphatic heterocycles. The molecule has 4 nitrogen and oxygen atoms in total. The molecule has 1 aromatic carbocycles. The highest BCUT2D eigenvalue weighted by molar-refractivity contribution is 5.95. The minimum absolute atomic E-state index is 0.940. The van der Waals surface area contributed by atoms with Crippen LogP contribution in [0.1, 0.15) is 25.0 Å². The Kier molecular flexibility index (Phi) is 3.92. The highest BCUT2D eigenvalue weighted by atomic mass is 16.5. The molecule has 1 aliphatic rings. The van der Waals surface area contributed by atoms with E-state index in [-0.39, 0.29) is 0 Å². The Bertz CT molecular complexity index is 796. The zero-order chi connectivity index (χ0) is 15.6. The van der Waals surface area contributed by atoms with Crippen LogP contribution < -0.4 is 0 Å². The van der Waals surface area contributed by atoms with Crippen LogP contribution in [0.3, 0.4) is 0 Å². The maximum Gasteiger partial charge on any atom is 0.138 e. The molecular weight excluding hydrogens is 286 g/mol. The van der Waals surface area contributed by atoms with Gasteiger partial charge in [0.25, 0.3) is 0 Å². The Morgan fingerprint density at radius 3 is 2.83 bits per heavy atom. The summed E-state index contributed by atoms with van der Waals surface area (Å²) in [5.74, 6) is 0.985. The molecule has 0 unspecified atom stereocenters. The number of likely N-dealkylation sites (tertiary alicyclic amines) is 1. The molecule has 23 heavy (non-hydrogen) atoms. The minimum Gasteiger partial charge on any atom is -0.361 e. The van der Waals surface area contributed by atoms with E-state index in [2.05, 4.69) is 58.2 Å². The van der Waals surface area contributed by atoms with Gasteiger partial charge in [0.15, 0.2) is 0 Å². The van der Waals surface area contributed by atoms with Gasteiger partial charge in [-0.05, 0) is 32.0 Å². The van der Waals surface area contributed by atoms with Crippen molar-refractivity contribution in [1.29, 1.82) is 0 Å². The van der Waals surface area contributed by atoms with E-state index in [1.807, 2.05) is 0 Å². The van der Waals surface area contributed by atoms with Crippen LogP contribution in [0.15, 0.2) is 41.1 Å². The molecule has 4 rings (SSSR count). The van der Waals surface area contributed by atoms with Gasteiger partial charge < -0.3 is 14.0 Å². The standard InChI is InChI=1S/C19H23N3O/c1-21-14-17(16-7-3-4-8-19(16)21)18-13-15(23-20-18)9-12-22-10-5-2-6-11-22/h3-4,7-8,13-14H,2,5-6,9-12H2,1H3. The van der Waals surface area contributed by atoms with Gasteiger partial charge in [-0.25, -0.2) is 0 Å². The molecule has 3 heterocycles. The lowest BCUT2D eigenvalue weighted by Gasteiger charge is -2.25. The molecule has 0 aliphatic carbocycles. The first-order valence-corrected chi connectivity index (χ1v) is 8.53. The molecule has 0 bridgehead atoms. The summed E-state index contributed by atoms with van der Waals surface area (Å²) >= 11 is 0. The van der Waals surface area contributed by atoms with Crippen LogP contribution in [-0.4, -0.2) is 34.3 Å². The molecule has 1 fully saturated rings. The molecule has 120 valence electrons. The zero-order valence-electron chi connectivity index (χ0n) is 13.7. The number of piperidine rings is 1. The smallest absolute Gasteiger partial charge is 0.138 e. The van der Waals surface area contributed by atoms with Gasteiger partial charge in [0.1, 0.15) is 11.5 Å². The molecule has 3 aromatic rings. The van der Waals surface area contributed by atoms with Crippen LogP contribution in [0.25, 0.3) is 22.2 Å². The van der Waals surface area contributed by atoms with Crippen LogP contribution in [0.2, 0.25) is 0 Å². The first-order chi connectivity index (χ1) is 11.3. The fourth-order valence-corrected chi connectivity index (χ4v) is 3.55. The van der Waals surface area contributed by atoms with E-state index in [1.165, 1.54) is 43.3 Å². The van der Waals surface area contributed by atoms with Crippen LogP contribution in [0.4, 0.5) is 0 Å². The van der Waals surface area contributed by atoms with Gasteiger partial charge in [0.2, 0.25) is 0 Å². The van der Waals surface area contributed by atoms with Crippen molar-refractivity contribution in [3.63, 3.8) is 0 Å². The Morgan fingerprint density at radius 1 is 1.13 bits per heavy atom. The minimum atomic E-state index is 0.940. The molecule has 1 saturated heterocycles. The predicted octanol–water partition coefficient (Wildman–Crippen LogP) is 3.86. The van der Waals surface area contributed by atoms with E-state index in [4.69, 9.17) is 4.52 Å². The Morgan fingerprint density at radius 2 is 1.96 bits per heavy atom. The third kappa shape index (κ3) is 2.91. The predicted molar refractivity (Wildman–Crippen MR) is 92.4 cm³/mol. The summed E-state index contributed by atoms with van der Waals surface area (Å²) in [4.78, 5) is 2.53.